The number of nitrogens with zero attached hydrogens (tertiary/aromatic N) is 2. The molecule has 1 aromatic carbocycles. The number of hydrogen-bond acceptors (Lipinski definition) is 5. The minimum atomic E-state index is -4.38. The Labute approximate surface area is 160 Å². The Kier molecular flexibility index (Phi) is 6.15. The Morgan fingerprint density at radius 3 is 2.50 bits per heavy atom. The SMILES string of the molecule is NC(=O)c1cnccc1NCC(c1ccc(C(F)(F)F)cc1)N1CCOCC1. The van der Waals surface area contributed by atoms with Gasteiger partial charge >= 0.3 is 6.18 Å². The van der Waals surface area contributed by atoms with Gasteiger partial charge in [0.1, 0.15) is 0 Å². The molecule has 2 heterocycles. The third-order valence-corrected chi connectivity index (χ3v) is 4.68. The fourth-order valence-corrected chi connectivity index (χ4v) is 3.19. The van der Waals surface area contributed by atoms with Crippen LogP contribution in [0.4, 0.5) is 18.9 Å². The molecule has 3 N–H and O–H groups in total. The minimum absolute atomic E-state index is 0.194. The Morgan fingerprint density at radius 2 is 1.89 bits per heavy atom. The van der Waals surface area contributed by atoms with E-state index in [1.54, 1.807) is 6.07 Å². The molecule has 1 aromatic heterocycles. The second kappa shape index (κ2) is 8.57. The summed E-state index contributed by atoms with van der Waals surface area (Å²) in [6.45, 7) is 2.81. The van der Waals surface area contributed by atoms with E-state index >= 15 is 0 Å². The number of alkyl halides is 3. The molecule has 0 aliphatic carbocycles. The molecule has 9 heteroatoms. The highest BCUT2D eigenvalue weighted by atomic mass is 19.4. The molecular formula is C19H21F3N4O2. The number of pyridine rings is 1. The predicted molar refractivity (Wildman–Crippen MR) is 97.8 cm³/mol. The molecule has 0 saturated carbocycles. The summed E-state index contributed by atoms with van der Waals surface area (Å²) < 4.78 is 44.0. The minimum Gasteiger partial charge on any atom is -0.382 e. The third kappa shape index (κ3) is 4.79. The topological polar surface area (TPSA) is 80.5 Å². The van der Waals surface area contributed by atoms with Crippen LogP contribution in [-0.2, 0) is 10.9 Å². The molecule has 0 spiro atoms. The molecule has 1 aliphatic rings. The van der Waals surface area contributed by atoms with Gasteiger partial charge in [0.2, 0.25) is 0 Å². The van der Waals surface area contributed by atoms with Crippen LogP contribution in [0.5, 0.6) is 0 Å². The van der Waals surface area contributed by atoms with Crippen molar-refractivity contribution < 1.29 is 22.7 Å². The summed E-state index contributed by atoms with van der Waals surface area (Å²) in [5.74, 6) is -0.604. The van der Waals surface area contributed by atoms with Crippen LogP contribution >= 0.6 is 0 Å². The van der Waals surface area contributed by atoms with Crippen LogP contribution in [0.1, 0.15) is 27.5 Å². The molecule has 1 saturated heterocycles. The van der Waals surface area contributed by atoms with Gasteiger partial charge in [-0.05, 0) is 23.8 Å². The van der Waals surface area contributed by atoms with Gasteiger partial charge in [-0.1, -0.05) is 12.1 Å². The predicted octanol–water partition coefficient (Wildman–Crippen LogP) is 2.68. The van der Waals surface area contributed by atoms with Gasteiger partial charge in [-0.2, -0.15) is 13.2 Å². The highest BCUT2D eigenvalue weighted by molar-refractivity contribution is 5.98. The number of benzene rings is 1. The van der Waals surface area contributed by atoms with Gasteiger partial charge in [0.25, 0.3) is 5.91 Å². The summed E-state index contributed by atoms with van der Waals surface area (Å²) in [6.07, 6.45) is -1.46. The standard InChI is InChI=1S/C19H21F3N4O2/c20-19(21,22)14-3-1-13(2-4-14)17(26-7-9-28-10-8-26)12-25-16-5-6-24-11-15(16)18(23)27/h1-6,11,17H,7-10,12H2,(H2,23,27)(H,24,25). The van der Waals surface area contributed by atoms with E-state index in [1.165, 1.54) is 24.5 Å². The average Bonchev–Trinajstić information content (AvgIpc) is 2.69. The van der Waals surface area contributed by atoms with E-state index in [1.807, 2.05) is 0 Å². The fourth-order valence-electron chi connectivity index (χ4n) is 3.19. The largest absolute Gasteiger partial charge is 0.416 e. The molecule has 1 amide bonds. The number of rotatable bonds is 6. The maximum atomic E-state index is 12.9. The van der Waals surface area contributed by atoms with Gasteiger partial charge in [0.05, 0.1) is 36.1 Å². The molecule has 28 heavy (non-hydrogen) atoms. The van der Waals surface area contributed by atoms with Crippen molar-refractivity contribution in [2.45, 2.75) is 12.2 Å². The summed E-state index contributed by atoms with van der Waals surface area (Å²) in [5.41, 5.74) is 6.24. The smallest absolute Gasteiger partial charge is 0.382 e. The lowest BCUT2D eigenvalue weighted by atomic mass is 10.0. The Bertz CT molecular complexity index is 806. The molecule has 1 atom stereocenters. The van der Waals surface area contributed by atoms with Crippen molar-refractivity contribution in [2.75, 3.05) is 38.2 Å². The lowest BCUT2D eigenvalue weighted by molar-refractivity contribution is -0.137. The van der Waals surface area contributed by atoms with Gasteiger partial charge in [0, 0.05) is 32.0 Å². The summed E-state index contributed by atoms with van der Waals surface area (Å²) in [7, 11) is 0. The monoisotopic (exact) mass is 394 g/mol. The van der Waals surface area contributed by atoms with Crippen molar-refractivity contribution >= 4 is 11.6 Å². The van der Waals surface area contributed by atoms with Crippen molar-refractivity contribution in [1.29, 1.82) is 0 Å². The van der Waals surface area contributed by atoms with E-state index in [2.05, 4.69) is 15.2 Å². The maximum absolute atomic E-state index is 12.9. The van der Waals surface area contributed by atoms with Crippen molar-refractivity contribution in [1.82, 2.24) is 9.88 Å². The van der Waals surface area contributed by atoms with E-state index in [0.717, 1.165) is 17.7 Å². The Morgan fingerprint density at radius 1 is 1.21 bits per heavy atom. The van der Waals surface area contributed by atoms with E-state index in [-0.39, 0.29) is 11.6 Å². The number of nitrogens with one attached hydrogen (secondary N) is 1. The average molecular weight is 394 g/mol. The zero-order valence-corrected chi connectivity index (χ0v) is 15.1. The summed E-state index contributed by atoms with van der Waals surface area (Å²) in [6, 6.07) is 6.61. The summed E-state index contributed by atoms with van der Waals surface area (Å²) in [5, 5.41) is 3.19. The molecule has 1 aliphatic heterocycles. The fraction of sp³-hybridized carbons (Fsp3) is 0.368. The number of morpholine rings is 1. The number of anilines is 1. The van der Waals surface area contributed by atoms with E-state index in [4.69, 9.17) is 10.5 Å². The Balaban J connectivity index is 1.83. The van der Waals surface area contributed by atoms with Crippen molar-refractivity contribution in [2.24, 2.45) is 5.73 Å². The molecule has 150 valence electrons. The molecule has 1 fully saturated rings. The second-order valence-electron chi connectivity index (χ2n) is 6.45. The molecule has 2 aromatic rings. The molecular weight excluding hydrogens is 373 g/mol. The normalized spacial score (nSPS) is 16.5. The molecule has 0 radical (unpaired) electrons. The molecule has 0 bridgehead atoms. The van der Waals surface area contributed by atoms with Crippen LogP contribution in [0.2, 0.25) is 0 Å². The quantitative estimate of drug-likeness (QED) is 0.788. The zero-order valence-electron chi connectivity index (χ0n) is 15.1. The van der Waals surface area contributed by atoms with Gasteiger partial charge in [-0.25, -0.2) is 0 Å². The van der Waals surface area contributed by atoms with Crippen molar-refractivity contribution in [3.63, 3.8) is 0 Å². The highest BCUT2D eigenvalue weighted by Gasteiger charge is 2.31. The van der Waals surface area contributed by atoms with Crippen LogP contribution in [0.25, 0.3) is 0 Å². The first-order chi connectivity index (χ1) is 13.4. The molecule has 1 unspecified atom stereocenters. The first-order valence-electron chi connectivity index (χ1n) is 8.83. The highest BCUT2D eigenvalue weighted by Crippen LogP contribution is 2.31. The number of ether oxygens (including phenoxy) is 1. The Hall–Kier alpha value is -2.65. The van der Waals surface area contributed by atoms with Crippen LogP contribution in [-0.4, -0.2) is 48.6 Å². The second-order valence-corrected chi connectivity index (χ2v) is 6.45. The van der Waals surface area contributed by atoms with Gasteiger partial charge in [-0.3, -0.25) is 14.7 Å². The lowest BCUT2D eigenvalue weighted by Gasteiger charge is -2.35. The van der Waals surface area contributed by atoms with E-state index < -0.39 is 17.6 Å². The van der Waals surface area contributed by atoms with Crippen LogP contribution in [0, 0.1) is 0 Å². The number of amides is 1. The van der Waals surface area contributed by atoms with Crippen LogP contribution < -0.4 is 11.1 Å². The number of hydrogen-bond donors (Lipinski definition) is 2. The maximum Gasteiger partial charge on any atom is 0.416 e. The molecule has 3 rings (SSSR count). The van der Waals surface area contributed by atoms with Crippen molar-refractivity contribution in [3.05, 3.63) is 59.4 Å². The number of primary amides is 1. The number of carbonyl (C=O) groups excluding carboxylic acids is 1. The number of nitrogens with two attached hydrogens (primary N) is 1. The number of halogens is 3. The van der Waals surface area contributed by atoms with E-state index in [9.17, 15) is 18.0 Å². The number of carbonyl (C=O) groups is 1. The zero-order chi connectivity index (χ0) is 20.1. The summed E-state index contributed by atoms with van der Waals surface area (Å²) >= 11 is 0. The first kappa shape index (κ1) is 20.1. The van der Waals surface area contributed by atoms with Crippen LogP contribution in [0.15, 0.2) is 42.7 Å². The first-order valence-corrected chi connectivity index (χ1v) is 8.83. The summed E-state index contributed by atoms with van der Waals surface area (Å²) in [4.78, 5) is 17.6. The van der Waals surface area contributed by atoms with Gasteiger partial charge < -0.3 is 15.8 Å². The molecule has 6 nitrogen and oxygen atoms in total. The van der Waals surface area contributed by atoms with Crippen molar-refractivity contribution in [3.8, 4) is 0 Å². The third-order valence-electron chi connectivity index (χ3n) is 4.68. The lowest BCUT2D eigenvalue weighted by Crippen LogP contribution is -2.41. The van der Waals surface area contributed by atoms with Crippen LogP contribution in [0.3, 0.4) is 0 Å². The number of aromatic nitrogens is 1. The van der Waals surface area contributed by atoms with Gasteiger partial charge in [0.15, 0.2) is 0 Å². The van der Waals surface area contributed by atoms with Gasteiger partial charge in [-0.15, -0.1) is 0 Å². The van der Waals surface area contributed by atoms with E-state index in [0.29, 0.717) is 38.5 Å².